The molecule has 0 radical (unpaired) electrons. The predicted octanol–water partition coefficient (Wildman–Crippen LogP) is 2.39. The highest BCUT2D eigenvalue weighted by molar-refractivity contribution is 5.67. The Bertz CT molecular complexity index is 248. The van der Waals surface area contributed by atoms with Gasteiger partial charge in [-0.1, -0.05) is 0 Å². The van der Waals surface area contributed by atoms with E-state index >= 15 is 0 Å². The van der Waals surface area contributed by atoms with Gasteiger partial charge < -0.3 is 15.0 Å². The Hall–Kier alpha value is -0.770. The third-order valence-electron chi connectivity index (χ3n) is 3.05. The fourth-order valence-corrected chi connectivity index (χ4v) is 2.19. The van der Waals surface area contributed by atoms with Gasteiger partial charge in [-0.2, -0.15) is 0 Å². The van der Waals surface area contributed by atoms with Crippen LogP contribution < -0.4 is 5.32 Å². The van der Waals surface area contributed by atoms with Crippen molar-refractivity contribution in [2.45, 2.75) is 58.1 Å². The highest BCUT2D eigenvalue weighted by Gasteiger charge is 2.20. The number of nitrogens with one attached hydrogen (secondary N) is 1. The zero-order valence-corrected chi connectivity index (χ0v) is 11.6. The van der Waals surface area contributed by atoms with Crippen molar-refractivity contribution in [1.82, 2.24) is 10.2 Å². The van der Waals surface area contributed by atoms with Crippen molar-refractivity contribution in [3.05, 3.63) is 0 Å². The van der Waals surface area contributed by atoms with Crippen molar-refractivity contribution in [3.63, 3.8) is 0 Å². The number of nitrogens with zero attached hydrogens (tertiary/aromatic N) is 1. The Morgan fingerprint density at radius 2 is 2.18 bits per heavy atom. The van der Waals surface area contributed by atoms with E-state index in [2.05, 4.69) is 17.3 Å². The SMILES string of the molecule is CN1CCC[C@@H]1CCCNC(=O)OC(C)(C)C. The number of amides is 1. The molecule has 1 amide bonds. The van der Waals surface area contributed by atoms with Gasteiger partial charge in [0.2, 0.25) is 0 Å². The molecule has 1 heterocycles. The van der Waals surface area contributed by atoms with Gasteiger partial charge >= 0.3 is 6.09 Å². The first-order chi connectivity index (χ1) is 7.88. The van der Waals surface area contributed by atoms with E-state index in [1.54, 1.807) is 0 Å². The maximum Gasteiger partial charge on any atom is 0.407 e. The van der Waals surface area contributed by atoms with E-state index in [1.165, 1.54) is 19.4 Å². The van der Waals surface area contributed by atoms with Gasteiger partial charge in [0.15, 0.2) is 0 Å². The summed E-state index contributed by atoms with van der Waals surface area (Å²) >= 11 is 0. The van der Waals surface area contributed by atoms with Crippen LogP contribution >= 0.6 is 0 Å². The molecule has 4 heteroatoms. The molecule has 1 rings (SSSR count). The van der Waals surface area contributed by atoms with Crippen molar-refractivity contribution in [2.24, 2.45) is 0 Å². The molecule has 17 heavy (non-hydrogen) atoms. The number of rotatable bonds is 4. The zero-order valence-electron chi connectivity index (χ0n) is 11.6. The van der Waals surface area contributed by atoms with Gasteiger partial charge in [0.25, 0.3) is 0 Å². The predicted molar refractivity (Wildman–Crippen MR) is 69.1 cm³/mol. The average molecular weight is 242 g/mol. The lowest BCUT2D eigenvalue weighted by Crippen LogP contribution is -2.33. The second-order valence-electron chi connectivity index (χ2n) is 5.85. The normalized spacial score (nSPS) is 21.5. The molecular weight excluding hydrogens is 216 g/mol. The summed E-state index contributed by atoms with van der Waals surface area (Å²) in [6.07, 6.45) is 4.47. The second-order valence-corrected chi connectivity index (χ2v) is 5.85. The molecular formula is C13H26N2O2. The Labute approximate surface area is 105 Å². The van der Waals surface area contributed by atoms with Crippen LogP contribution in [0.25, 0.3) is 0 Å². The summed E-state index contributed by atoms with van der Waals surface area (Å²) in [5.74, 6) is 0. The second kappa shape index (κ2) is 6.24. The van der Waals surface area contributed by atoms with Crippen LogP contribution in [0.15, 0.2) is 0 Å². The van der Waals surface area contributed by atoms with Crippen LogP contribution in [0.3, 0.4) is 0 Å². The van der Waals surface area contributed by atoms with Crippen molar-refractivity contribution in [2.75, 3.05) is 20.1 Å². The summed E-state index contributed by atoms with van der Waals surface area (Å²) in [6, 6.07) is 0.704. The zero-order chi connectivity index (χ0) is 12.9. The summed E-state index contributed by atoms with van der Waals surface area (Å²) in [7, 11) is 2.18. The van der Waals surface area contributed by atoms with Crippen molar-refractivity contribution < 1.29 is 9.53 Å². The lowest BCUT2D eigenvalue weighted by atomic mass is 10.1. The van der Waals surface area contributed by atoms with Crippen LogP contribution in [0.2, 0.25) is 0 Å². The first kappa shape index (κ1) is 14.3. The summed E-state index contributed by atoms with van der Waals surface area (Å²) in [5.41, 5.74) is -0.407. The molecule has 1 fully saturated rings. The van der Waals surface area contributed by atoms with E-state index in [9.17, 15) is 4.79 Å². The standard InChI is InChI=1S/C13H26N2O2/c1-13(2,3)17-12(16)14-9-5-7-11-8-6-10-15(11)4/h11H,5-10H2,1-4H3,(H,14,16)/t11-/m0/s1. The summed E-state index contributed by atoms with van der Waals surface area (Å²) in [5, 5.41) is 2.80. The highest BCUT2D eigenvalue weighted by atomic mass is 16.6. The maximum atomic E-state index is 11.4. The molecule has 0 unspecified atom stereocenters. The molecule has 0 saturated carbocycles. The van der Waals surface area contributed by atoms with Gasteiger partial charge in [-0.15, -0.1) is 0 Å². The van der Waals surface area contributed by atoms with E-state index in [1.807, 2.05) is 20.8 Å². The van der Waals surface area contributed by atoms with Crippen LogP contribution in [0.1, 0.15) is 46.5 Å². The maximum absolute atomic E-state index is 11.4. The van der Waals surface area contributed by atoms with Crippen LogP contribution in [0.5, 0.6) is 0 Å². The lowest BCUT2D eigenvalue weighted by molar-refractivity contribution is 0.0526. The smallest absolute Gasteiger partial charge is 0.407 e. The van der Waals surface area contributed by atoms with E-state index < -0.39 is 5.60 Å². The third kappa shape index (κ3) is 5.91. The molecule has 0 aromatic carbocycles. The molecule has 4 nitrogen and oxygen atoms in total. The monoisotopic (exact) mass is 242 g/mol. The molecule has 0 aliphatic carbocycles. The number of alkyl carbamates (subject to hydrolysis) is 1. The van der Waals surface area contributed by atoms with Crippen molar-refractivity contribution >= 4 is 6.09 Å². The minimum absolute atomic E-state index is 0.308. The summed E-state index contributed by atoms with van der Waals surface area (Å²) in [4.78, 5) is 13.8. The van der Waals surface area contributed by atoms with Crippen molar-refractivity contribution in [1.29, 1.82) is 0 Å². The van der Waals surface area contributed by atoms with Gasteiger partial charge in [0, 0.05) is 12.6 Å². The van der Waals surface area contributed by atoms with Crippen LogP contribution in [-0.2, 0) is 4.74 Å². The van der Waals surface area contributed by atoms with Crippen LogP contribution in [-0.4, -0.2) is 42.8 Å². The Morgan fingerprint density at radius 3 is 2.71 bits per heavy atom. The number of carbonyl (C=O) groups is 1. The first-order valence-corrected chi connectivity index (χ1v) is 6.55. The number of hydrogen-bond acceptors (Lipinski definition) is 3. The van der Waals surface area contributed by atoms with Crippen LogP contribution in [0.4, 0.5) is 4.79 Å². The van der Waals surface area contributed by atoms with Gasteiger partial charge in [-0.25, -0.2) is 4.79 Å². The fourth-order valence-electron chi connectivity index (χ4n) is 2.19. The average Bonchev–Trinajstić information content (AvgIpc) is 2.56. The minimum atomic E-state index is -0.407. The Kier molecular flexibility index (Phi) is 5.25. The summed E-state index contributed by atoms with van der Waals surface area (Å²) < 4.78 is 5.17. The number of likely N-dealkylation sites (tertiary alicyclic amines) is 1. The topological polar surface area (TPSA) is 41.6 Å². The molecule has 1 atom stereocenters. The van der Waals surface area contributed by atoms with Gasteiger partial charge in [-0.05, 0) is 60.0 Å². The van der Waals surface area contributed by atoms with Crippen LogP contribution in [0, 0.1) is 0 Å². The Morgan fingerprint density at radius 1 is 1.47 bits per heavy atom. The van der Waals surface area contributed by atoms with Gasteiger partial charge in [-0.3, -0.25) is 0 Å². The highest BCUT2D eigenvalue weighted by Crippen LogP contribution is 2.18. The van der Waals surface area contributed by atoms with E-state index in [0.717, 1.165) is 12.8 Å². The molecule has 0 aromatic heterocycles. The minimum Gasteiger partial charge on any atom is -0.444 e. The first-order valence-electron chi connectivity index (χ1n) is 6.55. The third-order valence-corrected chi connectivity index (χ3v) is 3.05. The molecule has 1 aliphatic heterocycles. The van der Waals surface area contributed by atoms with Crippen molar-refractivity contribution in [3.8, 4) is 0 Å². The van der Waals surface area contributed by atoms with E-state index in [0.29, 0.717) is 12.6 Å². The van der Waals surface area contributed by atoms with E-state index in [4.69, 9.17) is 4.74 Å². The van der Waals surface area contributed by atoms with Gasteiger partial charge in [0.1, 0.15) is 5.60 Å². The number of carbonyl (C=O) groups excluding carboxylic acids is 1. The van der Waals surface area contributed by atoms with E-state index in [-0.39, 0.29) is 6.09 Å². The number of hydrogen-bond donors (Lipinski definition) is 1. The molecule has 0 bridgehead atoms. The largest absolute Gasteiger partial charge is 0.444 e. The van der Waals surface area contributed by atoms with Gasteiger partial charge in [0.05, 0.1) is 0 Å². The number of ether oxygens (including phenoxy) is 1. The molecule has 1 N–H and O–H groups in total. The fraction of sp³-hybridized carbons (Fsp3) is 0.923. The molecule has 1 aliphatic rings. The quantitative estimate of drug-likeness (QED) is 0.770. The molecule has 0 spiro atoms. The molecule has 1 saturated heterocycles. The molecule has 0 aromatic rings. The molecule has 100 valence electrons. The summed E-state index contributed by atoms with van der Waals surface area (Å²) in [6.45, 7) is 7.55. The lowest BCUT2D eigenvalue weighted by Gasteiger charge is -2.21. The Balaban J connectivity index is 2.06.